The molecule has 0 amide bonds. The van der Waals surface area contributed by atoms with E-state index in [9.17, 15) is 18.1 Å². The second kappa shape index (κ2) is 6.88. The molecule has 0 atom stereocenters. The summed E-state index contributed by atoms with van der Waals surface area (Å²) >= 11 is 0. The Labute approximate surface area is 165 Å². The molecule has 0 aliphatic carbocycles. The molecule has 146 valence electrons. The number of hydrogen-bond donors (Lipinski definition) is 1. The number of benzene rings is 1. The van der Waals surface area contributed by atoms with Gasteiger partial charge in [-0.05, 0) is 36.8 Å². The third-order valence-corrected chi connectivity index (χ3v) is 5.48. The molecule has 3 aromatic heterocycles. The van der Waals surface area contributed by atoms with E-state index < -0.39 is 20.7 Å². The number of nitrogens with two attached hydrogens (primary N) is 1. The SMILES string of the molecule is Cc1ccc2c(ncc3nc(CC#N)n(Cc4ccc(S(N)(=O)=O)c(F)c4)c32)n1. The molecule has 1 aromatic carbocycles. The van der Waals surface area contributed by atoms with Gasteiger partial charge in [0, 0.05) is 17.6 Å². The number of aryl methyl sites for hydroxylation is 1. The zero-order valence-corrected chi connectivity index (χ0v) is 16.1. The highest BCUT2D eigenvalue weighted by molar-refractivity contribution is 7.89. The molecule has 2 N–H and O–H groups in total. The van der Waals surface area contributed by atoms with Crippen LogP contribution < -0.4 is 5.14 Å². The summed E-state index contributed by atoms with van der Waals surface area (Å²) in [6.45, 7) is 2.04. The second-order valence-corrected chi connectivity index (χ2v) is 8.10. The van der Waals surface area contributed by atoms with Crippen molar-refractivity contribution in [2.24, 2.45) is 5.14 Å². The first-order valence-electron chi connectivity index (χ1n) is 8.57. The Balaban J connectivity index is 1.91. The van der Waals surface area contributed by atoms with Crippen LogP contribution in [0.15, 0.2) is 41.4 Å². The van der Waals surface area contributed by atoms with Crippen molar-refractivity contribution in [2.75, 3.05) is 0 Å². The monoisotopic (exact) mass is 410 g/mol. The average Bonchev–Trinajstić information content (AvgIpc) is 2.98. The molecular formula is C19H15FN6O2S. The highest BCUT2D eigenvalue weighted by Gasteiger charge is 2.18. The third-order valence-electron chi connectivity index (χ3n) is 4.53. The maximum absolute atomic E-state index is 14.3. The summed E-state index contributed by atoms with van der Waals surface area (Å²) in [6, 6.07) is 9.55. The zero-order valence-electron chi connectivity index (χ0n) is 15.3. The van der Waals surface area contributed by atoms with Gasteiger partial charge in [-0.15, -0.1) is 0 Å². The van der Waals surface area contributed by atoms with Gasteiger partial charge in [0.05, 0.1) is 24.2 Å². The Hall–Kier alpha value is -3.42. The molecule has 0 fully saturated rings. The minimum Gasteiger partial charge on any atom is -0.322 e. The van der Waals surface area contributed by atoms with Gasteiger partial charge in [-0.2, -0.15) is 5.26 Å². The summed E-state index contributed by atoms with van der Waals surface area (Å²) in [5.41, 5.74) is 3.17. The lowest BCUT2D eigenvalue weighted by Gasteiger charge is -2.10. The highest BCUT2D eigenvalue weighted by atomic mass is 32.2. The molecule has 10 heteroatoms. The lowest BCUT2D eigenvalue weighted by molar-refractivity contribution is 0.566. The molecule has 0 saturated heterocycles. The molecule has 29 heavy (non-hydrogen) atoms. The number of rotatable bonds is 4. The van der Waals surface area contributed by atoms with Gasteiger partial charge in [0.15, 0.2) is 5.65 Å². The second-order valence-electron chi connectivity index (χ2n) is 6.57. The molecule has 4 aromatic rings. The van der Waals surface area contributed by atoms with E-state index in [1.54, 1.807) is 10.8 Å². The Morgan fingerprint density at radius 1 is 1.24 bits per heavy atom. The van der Waals surface area contributed by atoms with E-state index in [4.69, 9.17) is 5.14 Å². The molecule has 3 heterocycles. The quantitative estimate of drug-likeness (QED) is 0.549. The average molecular weight is 410 g/mol. The van der Waals surface area contributed by atoms with Gasteiger partial charge in [-0.25, -0.2) is 32.9 Å². The molecule has 0 radical (unpaired) electrons. The summed E-state index contributed by atoms with van der Waals surface area (Å²) in [5, 5.41) is 15.0. The van der Waals surface area contributed by atoms with Crippen molar-refractivity contribution < 1.29 is 12.8 Å². The van der Waals surface area contributed by atoms with Gasteiger partial charge < -0.3 is 4.57 Å². The van der Waals surface area contributed by atoms with Gasteiger partial charge in [0.2, 0.25) is 10.0 Å². The van der Waals surface area contributed by atoms with Crippen molar-refractivity contribution in [1.82, 2.24) is 19.5 Å². The van der Waals surface area contributed by atoms with Crippen LogP contribution in [-0.4, -0.2) is 27.9 Å². The van der Waals surface area contributed by atoms with E-state index >= 15 is 0 Å². The fourth-order valence-electron chi connectivity index (χ4n) is 3.27. The van der Waals surface area contributed by atoms with Crippen LogP contribution in [0.25, 0.3) is 22.1 Å². The van der Waals surface area contributed by atoms with Gasteiger partial charge in [0.25, 0.3) is 0 Å². The fraction of sp³-hybridized carbons (Fsp3) is 0.158. The van der Waals surface area contributed by atoms with E-state index in [0.29, 0.717) is 22.6 Å². The lowest BCUT2D eigenvalue weighted by Crippen LogP contribution is -2.14. The Morgan fingerprint density at radius 2 is 2.03 bits per heavy atom. The van der Waals surface area contributed by atoms with Crippen molar-refractivity contribution in [1.29, 1.82) is 5.26 Å². The number of nitriles is 1. The molecule has 8 nitrogen and oxygen atoms in total. The molecule has 0 spiro atoms. The topological polar surface area (TPSA) is 128 Å². The van der Waals surface area contributed by atoms with E-state index in [1.807, 2.05) is 19.1 Å². The Bertz CT molecular complexity index is 1420. The van der Waals surface area contributed by atoms with Gasteiger partial charge in [-0.3, -0.25) is 0 Å². The predicted molar refractivity (Wildman–Crippen MR) is 104 cm³/mol. The maximum Gasteiger partial charge on any atom is 0.240 e. The lowest BCUT2D eigenvalue weighted by atomic mass is 10.2. The highest BCUT2D eigenvalue weighted by Crippen LogP contribution is 2.26. The van der Waals surface area contributed by atoms with Crippen molar-refractivity contribution in [2.45, 2.75) is 24.8 Å². The molecule has 0 bridgehead atoms. The normalized spacial score (nSPS) is 11.8. The Kier molecular flexibility index (Phi) is 4.49. The maximum atomic E-state index is 14.3. The van der Waals surface area contributed by atoms with Crippen molar-refractivity contribution in [3.8, 4) is 6.07 Å². The third kappa shape index (κ3) is 3.41. The molecule has 4 rings (SSSR count). The fourth-order valence-corrected chi connectivity index (χ4v) is 3.86. The number of primary sulfonamides is 1. The first kappa shape index (κ1) is 18.9. The van der Waals surface area contributed by atoms with E-state index in [1.165, 1.54) is 6.07 Å². The Morgan fingerprint density at radius 3 is 2.72 bits per heavy atom. The summed E-state index contributed by atoms with van der Waals surface area (Å²) < 4.78 is 39.0. The van der Waals surface area contributed by atoms with Crippen LogP contribution in [0.1, 0.15) is 17.1 Å². The minimum atomic E-state index is -4.15. The number of halogens is 1. The summed E-state index contributed by atoms with van der Waals surface area (Å²) in [6.07, 6.45) is 1.64. The predicted octanol–water partition coefficient (Wildman–Crippen LogP) is 2.19. The first-order chi connectivity index (χ1) is 13.8. The number of imidazole rings is 1. The number of hydrogen-bond acceptors (Lipinski definition) is 6. The van der Waals surface area contributed by atoms with Gasteiger partial charge >= 0.3 is 0 Å². The standard InChI is InChI=1S/C19H15FN6O2S/c1-11-2-4-13-18-15(9-23-19(13)24-11)25-17(6-7-21)26(18)10-12-3-5-16(14(20)8-12)29(22,27)28/h2-5,8-9H,6,10H2,1H3,(H2,22,27,28). The minimum absolute atomic E-state index is 0.0488. The van der Waals surface area contributed by atoms with Crippen LogP contribution in [-0.2, 0) is 23.0 Å². The summed E-state index contributed by atoms with van der Waals surface area (Å²) in [5.74, 6) is -0.437. The molecule has 0 aliphatic rings. The molecule has 0 saturated carbocycles. The van der Waals surface area contributed by atoms with Crippen molar-refractivity contribution >= 4 is 32.1 Å². The van der Waals surface area contributed by atoms with Crippen LogP contribution in [0, 0.1) is 24.1 Å². The summed E-state index contributed by atoms with van der Waals surface area (Å²) in [4.78, 5) is 12.7. The molecular weight excluding hydrogens is 395 g/mol. The van der Waals surface area contributed by atoms with E-state index in [-0.39, 0.29) is 13.0 Å². The van der Waals surface area contributed by atoms with Crippen LogP contribution in [0.5, 0.6) is 0 Å². The number of fused-ring (bicyclic) bond motifs is 3. The van der Waals surface area contributed by atoms with Crippen LogP contribution in [0.3, 0.4) is 0 Å². The number of nitrogens with zero attached hydrogens (tertiary/aromatic N) is 5. The van der Waals surface area contributed by atoms with E-state index in [0.717, 1.165) is 28.7 Å². The van der Waals surface area contributed by atoms with Crippen LogP contribution >= 0.6 is 0 Å². The van der Waals surface area contributed by atoms with Gasteiger partial charge in [-0.1, -0.05) is 6.07 Å². The number of aromatic nitrogens is 4. The molecule has 0 unspecified atom stereocenters. The smallest absolute Gasteiger partial charge is 0.240 e. The van der Waals surface area contributed by atoms with Crippen molar-refractivity contribution in [3.05, 3.63) is 59.4 Å². The zero-order chi connectivity index (χ0) is 20.8. The molecule has 0 aliphatic heterocycles. The number of sulfonamides is 1. The first-order valence-corrected chi connectivity index (χ1v) is 10.1. The van der Waals surface area contributed by atoms with Crippen molar-refractivity contribution in [3.63, 3.8) is 0 Å². The summed E-state index contributed by atoms with van der Waals surface area (Å²) in [7, 11) is -4.15. The van der Waals surface area contributed by atoms with Gasteiger partial charge in [0.1, 0.15) is 22.1 Å². The van der Waals surface area contributed by atoms with Crippen LogP contribution in [0.4, 0.5) is 4.39 Å². The van der Waals surface area contributed by atoms with E-state index in [2.05, 4.69) is 21.0 Å². The largest absolute Gasteiger partial charge is 0.322 e. The number of pyridine rings is 2. The van der Waals surface area contributed by atoms with Crippen LogP contribution in [0.2, 0.25) is 0 Å².